The highest BCUT2D eigenvalue weighted by atomic mass is 16.5. The highest BCUT2D eigenvalue weighted by molar-refractivity contribution is 5.88. The van der Waals surface area contributed by atoms with E-state index in [-0.39, 0.29) is 5.91 Å². The lowest BCUT2D eigenvalue weighted by molar-refractivity contribution is -0.121. The summed E-state index contributed by atoms with van der Waals surface area (Å²) >= 11 is 0. The fourth-order valence-corrected chi connectivity index (χ4v) is 3.34. The topological polar surface area (TPSA) is 47.6 Å². The Morgan fingerprint density at radius 1 is 1.21 bits per heavy atom. The van der Waals surface area contributed by atoms with Gasteiger partial charge in [-0.05, 0) is 42.0 Å². The van der Waals surface area contributed by atoms with Gasteiger partial charge in [-0.1, -0.05) is 30.3 Å². The van der Waals surface area contributed by atoms with E-state index in [9.17, 15) is 4.79 Å². The van der Waals surface area contributed by atoms with Crippen LogP contribution in [-0.4, -0.2) is 26.2 Å². The van der Waals surface area contributed by atoms with E-state index in [4.69, 9.17) is 9.47 Å². The largest absolute Gasteiger partial charge is 0.496 e. The second-order valence-electron chi connectivity index (χ2n) is 6.34. The number of carbonyl (C=O) groups is 1. The summed E-state index contributed by atoms with van der Waals surface area (Å²) in [4.78, 5) is 12.2. The van der Waals surface area contributed by atoms with Crippen molar-refractivity contribution in [1.29, 1.82) is 0 Å². The Morgan fingerprint density at radius 2 is 2.00 bits per heavy atom. The predicted octanol–water partition coefficient (Wildman–Crippen LogP) is 3.67. The number of hydrogen-bond donors (Lipinski definition) is 1. The van der Waals surface area contributed by atoms with Gasteiger partial charge in [0, 0.05) is 31.7 Å². The van der Waals surface area contributed by atoms with Crippen molar-refractivity contribution < 1.29 is 14.3 Å². The summed E-state index contributed by atoms with van der Waals surface area (Å²) in [7, 11) is 1.67. The summed E-state index contributed by atoms with van der Waals surface area (Å²) in [6.07, 6.45) is 3.68. The summed E-state index contributed by atoms with van der Waals surface area (Å²) in [5.74, 6) is 1.55. The molecule has 1 aliphatic rings. The SMILES string of the molecule is COc1ccc2ccccc2c1CNC(=O)CCC1CCOCC1. The molecule has 0 bridgehead atoms. The van der Waals surface area contributed by atoms with Crippen LogP contribution in [0.5, 0.6) is 5.75 Å². The summed E-state index contributed by atoms with van der Waals surface area (Å²) in [5.41, 5.74) is 1.04. The zero-order valence-corrected chi connectivity index (χ0v) is 14.2. The molecule has 2 aromatic carbocycles. The molecule has 4 heteroatoms. The van der Waals surface area contributed by atoms with Crippen LogP contribution in [-0.2, 0) is 16.1 Å². The molecule has 1 aliphatic heterocycles. The summed E-state index contributed by atoms with van der Waals surface area (Å²) in [5, 5.41) is 5.34. The number of nitrogens with one attached hydrogen (secondary N) is 1. The molecule has 0 saturated carbocycles. The average molecular weight is 327 g/mol. The van der Waals surface area contributed by atoms with Crippen molar-refractivity contribution >= 4 is 16.7 Å². The van der Waals surface area contributed by atoms with Crippen LogP contribution in [0.25, 0.3) is 10.8 Å². The Hall–Kier alpha value is -2.07. The minimum atomic E-state index is 0.108. The molecule has 1 N–H and O–H groups in total. The van der Waals surface area contributed by atoms with Crippen molar-refractivity contribution in [1.82, 2.24) is 5.32 Å². The number of ether oxygens (including phenoxy) is 2. The molecule has 1 fully saturated rings. The van der Waals surface area contributed by atoms with E-state index in [2.05, 4.69) is 17.4 Å². The monoisotopic (exact) mass is 327 g/mol. The summed E-state index contributed by atoms with van der Waals surface area (Å²) in [6.45, 7) is 2.16. The van der Waals surface area contributed by atoms with Crippen molar-refractivity contribution in [3.8, 4) is 5.75 Å². The summed E-state index contributed by atoms with van der Waals surface area (Å²) in [6, 6.07) is 12.2. The maximum Gasteiger partial charge on any atom is 0.220 e. The van der Waals surface area contributed by atoms with Crippen molar-refractivity contribution in [2.45, 2.75) is 32.2 Å². The zero-order valence-electron chi connectivity index (χ0n) is 14.2. The minimum Gasteiger partial charge on any atom is -0.496 e. The molecule has 0 unspecified atom stereocenters. The number of methoxy groups -OCH3 is 1. The first kappa shape index (κ1) is 16.8. The van der Waals surface area contributed by atoms with Gasteiger partial charge < -0.3 is 14.8 Å². The number of benzene rings is 2. The van der Waals surface area contributed by atoms with Gasteiger partial charge in [0.1, 0.15) is 5.75 Å². The number of rotatable bonds is 6. The molecular formula is C20H25NO3. The van der Waals surface area contributed by atoms with Crippen LogP contribution < -0.4 is 10.1 Å². The van der Waals surface area contributed by atoms with Crippen molar-refractivity contribution in [2.24, 2.45) is 5.92 Å². The van der Waals surface area contributed by atoms with Crippen LogP contribution in [0.15, 0.2) is 36.4 Å². The smallest absolute Gasteiger partial charge is 0.220 e. The molecule has 1 amide bonds. The molecule has 1 heterocycles. The number of hydrogen-bond acceptors (Lipinski definition) is 3. The van der Waals surface area contributed by atoms with E-state index in [1.54, 1.807) is 7.11 Å². The minimum absolute atomic E-state index is 0.108. The van der Waals surface area contributed by atoms with Crippen LogP contribution in [0.3, 0.4) is 0 Å². The third-order valence-electron chi connectivity index (χ3n) is 4.80. The first-order valence-corrected chi connectivity index (χ1v) is 8.67. The van der Waals surface area contributed by atoms with E-state index >= 15 is 0 Å². The maximum atomic E-state index is 12.2. The zero-order chi connectivity index (χ0) is 16.8. The van der Waals surface area contributed by atoms with Gasteiger partial charge in [-0.15, -0.1) is 0 Å². The fraction of sp³-hybridized carbons (Fsp3) is 0.450. The molecule has 4 nitrogen and oxygen atoms in total. The Labute approximate surface area is 143 Å². The van der Waals surface area contributed by atoms with Gasteiger partial charge in [0.05, 0.1) is 7.11 Å². The van der Waals surface area contributed by atoms with Crippen LogP contribution in [0.4, 0.5) is 0 Å². The van der Waals surface area contributed by atoms with E-state index in [0.29, 0.717) is 18.9 Å². The van der Waals surface area contributed by atoms with E-state index < -0.39 is 0 Å². The highest BCUT2D eigenvalue weighted by Gasteiger charge is 2.15. The standard InChI is InChI=1S/C20H25NO3/c1-23-19-8-7-16-4-2-3-5-17(16)18(19)14-21-20(22)9-6-15-10-12-24-13-11-15/h2-5,7-8,15H,6,9-14H2,1H3,(H,21,22). The predicted molar refractivity (Wildman–Crippen MR) is 95.1 cm³/mol. The number of amides is 1. The molecule has 0 spiro atoms. The molecule has 1 saturated heterocycles. The van der Waals surface area contributed by atoms with E-state index in [0.717, 1.165) is 54.6 Å². The van der Waals surface area contributed by atoms with Gasteiger partial charge in [-0.2, -0.15) is 0 Å². The van der Waals surface area contributed by atoms with Crippen LogP contribution in [0.2, 0.25) is 0 Å². The van der Waals surface area contributed by atoms with Gasteiger partial charge in [0.15, 0.2) is 0 Å². The molecule has 0 radical (unpaired) electrons. The maximum absolute atomic E-state index is 12.2. The van der Waals surface area contributed by atoms with Gasteiger partial charge >= 0.3 is 0 Å². The molecule has 0 aliphatic carbocycles. The second-order valence-corrected chi connectivity index (χ2v) is 6.34. The lowest BCUT2D eigenvalue weighted by atomic mass is 9.95. The van der Waals surface area contributed by atoms with Crippen LogP contribution >= 0.6 is 0 Å². The Kier molecular flexibility index (Phi) is 5.70. The van der Waals surface area contributed by atoms with Crippen LogP contribution in [0.1, 0.15) is 31.2 Å². The highest BCUT2D eigenvalue weighted by Crippen LogP contribution is 2.28. The molecule has 2 aromatic rings. The first-order chi connectivity index (χ1) is 11.8. The molecule has 3 rings (SSSR count). The Balaban J connectivity index is 1.61. The average Bonchev–Trinajstić information content (AvgIpc) is 2.65. The van der Waals surface area contributed by atoms with E-state index in [1.807, 2.05) is 24.3 Å². The molecule has 0 aromatic heterocycles. The lowest BCUT2D eigenvalue weighted by Gasteiger charge is -2.21. The Morgan fingerprint density at radius 3 is 2.79 bits per heavy atom. The van der Waals surface area contributed by atoms with Crippen molar-refractivity contribution in [3.05, 3.63) is 42.0 Å². The normalized spacial score (nSPS) is 15.4. The Bertz CT molecular complexity index is 692. The number of carbonyl (C=O) groups excluding carboxylic acids is 1. The van der Waals surface area contributed by atoms with Gasteiger partial charge in [-0.25, -0.2) is 0 Å². The summed E-state index contributed by atoms with van der Waals surface area (Å²) < 4.78 is 10.8. The lowest BCUT2D eigenvalue weighted by Crippen LogP contribution is -2.24. The first-order valence-electron chi connectivity index (χ1n) is 8.67. The van der Waals surface area contributed by atoms with Gasteiger partial charge in [-0.3, -0.25) is 4.79 Å². The van der Waals surface area contributed by atoms with E-state index in [1.165, 1.54) is 0 Å². The quantitative estimate of drug-likeness (QED) is 0.880. The van der Waals surface area contributed by atoms with Crippen molar-refractivity contribution in [3.63, 3.8) is 0 Å². The van der Waals surface area contributed by atoms with Gasteiger partial charge in [0.2, 0.25) is 5.91 Å². The third kappa shape index (κ3) is 4.06. The second kappa shape index (κ2) is 8.15. The van der Waals surface area contributed by atoms with Crippen molar-refractivity contribution in [2.75, 3.05) is 20.3 Å². The molecule has 0 atom stereocenters. The third-order valence-corrected chi connectivity index (χ3v) is 4.80. The molecule has 24 heavy (non-hydrogen) atoms. The molecule has 128 valence electrons. The van der Waals surface area contributed by atoms with Crippen LogP contribution in [0, 0.1) is 5.92 Å². The molecular weight excluding hydrogens is 302 g/mol. The fourth-order valence-electron chi connectivity index (χ4n) is 3.34. The van der Waals surface area contributed by atoms with Gasteiger partial charge in [0.25, 0.3) is 0 Å². The number of fused-ring (bicyclic) bond motifs is 1.